The molecule has 0 unspecified atom stereocenters. The third-order valence-corrected chi connectivity index (χ3v) is 5.21. The number of hydrogen-bond acceptors (Lipinski definition) is 4. The molecule has 1 saturated heterocycles. The predicted molar refractivity (Wildman–Crippen MR) is 132 cm³/mol. The van der Waals surface area contributed by atoms with E-state index in [1.807, 2.05) is 16.9 Å². The van der Waals surface area contributed by atoms with Crippen molar-refractivity contribution in [3.8, 4) is 0 Å². The number of aliphatic imine (C=N–C) groups is 1. The molecule has 1 aromatic carbocycles. The molecule has 8 heteroatoms. The quantitative estimate of drug-likeness (QED) is 0.315. The van der Waals surface area contributed by atoms with Crippen molar-refractivity contribution in [1.29, 1.82) is 0 Å². The first kappa shape index (κ1) is 24.6. The zero-order valence-electron chi connectivity index (χ0n) is 18.3. The second kappa shape index (κ2) is 12.3. The number of hydrogen-bond donors (Lipinski definition) is 2. The topological polar surface area (TPSA) is 66.7 Å². The second-order valence-electron chi connectivity index (χ2n) is 7.98. The molecular formula is C22H35IN6O. The van der Waals surface area contributed by atoms with E-state index in [0.717, 1.165) is 51.9 Å². The number of halogens is 1. The highest BCUT2D eigenvalue weighted by Crippen LogP contribution is 2.15. The van der Waals surface area contributed by atoms with Gasteiger partial charge in [0, 0.05) is 44.1 Å². The van der Waals surface area contributed by atoms with Gasteiger partial charge in [-0.3, -0.25) is 9.58 Å². The maximum Gasteiger partial charge on any atom is 0.191 e. The zero-order chi connectivity index (χ0) is 20.5. The zero-order valence-corrected chi connectivity index (χ0v) is 20.6. The lowest BCUT2D eigenvalue weighted by molar-refractivity contribution is -0.00834. The lowest BCUT2D eigenvalue weighted by Crippen LogP contribution is -2.56. The molecule has 1 aliphatic rings. The summed E-state index contributed by atoms with van der Waals surface area (Å²) in [6, 6.07) is 10.5. The van der Waals surface area contributed by atoms with Crippen LogP contribution < -0.4 is 10.6 Å². The van der Waals surface area contributed by atoms with E-state index >= 15 is 0 Å². The molecule has 0 spiro atoms. The van der Waals surface area contributed by atoms with Crippen molar-refractivity contribution in [1.82, 2.24) is 25.3 Å². The summed E-state index contributed by atoms with van der Waals surface area (Å²) in [5.74, 6) is 0.853. The van der Waals surface area contributed by atoms with Crippen LogP contribution >= 0.6 is 24.0 Å². The fraction of sp³-hybridized carbons (Fsp3) is 0.545. The summed E-state index contributed by atoms with van der Waals surface area (Å²) in [5, 5.41) is 11.2. The first-order valence-electron chi connectivity index (χ1n) is 10.5. The Balaban J connectivity index is 0.00000320. The SMILES string of the molecule is CCNC(=NCc1cccc(Cn2cccn2)c1)NCC(C)(C)N1CCOCC1.I. The number of rotatable bonds is 8. The van der Waals surface area contributed by atoms with Gasteiger partial charge >= 0.3 is 0 Å². The van der Waals surface area contributed by atoms with Gasteiger partial charge in [0.15, 0.2) is 5.96 Å². The maximum atomic E-state index is 5.49. The van der Waals surface area contributed by atoms with Gasteiger partial charge in [-0.15, -0.1) is 24.0 Å². The fourth-order valence-corrected chi connectivity index (χ4v) is 3.50. The van der Waals surface area contributed by atoms with Crippen LogP contribution in [-0.2, 0) is 17.8 Å². The standard InChI is InChI=1S/C22H34N6O.HI/c1-4-23-21(25-18-22(2,3)27-11-13-29-14-12-27)24-16-19-7-5-8-20(15-19)17-28-10-6-9-26-28;/h5-10,15H,4,11-14,16-18H2,1-3H3,(H2,23,24,25);1H. The van der Waals surface area contributed by atoms with Gasteiger partial charge in [-0.2, -0.15) is 5.10 Å². The molecule has 0 aliphatic carbocycles. The third-order valence-electron chi connectivity index (χ3n) is 5.21. The van der Waals surface area contributed by atoms with Gasteiger partial charge < -0.3 is 15.4 Å². The highest BCUT2D eigenvalue weighted by Gasteiger charge is 2.28. The van der Waals surface area contributed by atoms with Crippen molar-refractivity contribution >= 4 is 29.9 Å². The summed E-state index contributed by atoms with van der Waals surface area (Å²) >= 11 is 0. The molecule has 0 saturated carbocycles. The normalized spacial score (nSPS) is 15.5. The van der Waals surface area contributed by atoms with Gasteiger partial charge in [0.1, 0.15) is 0 Å². The van der Waals surface area contributed by atoms with Crippen LogP contribution in [0.4, 0.5) is 0 Å². The molecule has 2 aromatic rings. The highest BCUT2D eigenvalue weighted by molar-refractivity contribution is 14.0. The molecule has 0 amide bonds. The monoisotopic (exact) mass is 526 g/mol. The Kier molecular flexibility index (Phi) is 10.1. The Labute approximate surface area is 197 Å². The molecule has 1 fully saturated rings. The van der Waals surface area contributed by atoms with E-state index in [1.165, 1.54) is 11.1 Å². The number of aromatic nitrogens is 2. The van der Waals surface area contributed by atoms with Crippen LogP contribution in [0.3, 0.4) is 0 Å². The van der Waals surface area contributed by atoms with Gasteiger partial charge in [0.05, 0.1) is 26.3 Å². The minimum atomic E-state index is 0. The number of morpholine rings is 1. The second-order valence-corrected chi connectivity index (χ2v) is 7.98. The molecule has 3 rings (SSSR count). The number of guanidine groups is 1. The first-order chi connectivity index (χ1) is 14.1. The molecule has 1 aromatic heterocycles. The fourth-order valence-electron chi connectivity index (χ4n) is 3.50. The van der Waals surface area contributed by atoms with E-state index in [1.54, 1.807) is 6.20 Å². The highest BCUT2D eigenvalue weighted by atomic mass is 127. The molecule has 0 radical (unpaired) electrons. The van der Waals surface area contributed by atoms with E-state index in [0.29, 0.717) is 6.54 Å². The summed E-state index contributed by atoms with van der Waals surface area (Å²) in [4.78, 5) is 7.28. The van der Waals surface area contributed by atoms with Crippen LogP contribution in [0.1, 0.15) is 31.9 Å². The Morgan fingerprint density at radius 1 is 1.17 bits per heavy atom. The van der Waals surface area contributed by atoms with E-state index < -0.39 is 0 Å². The van der Waals surface area contributed by atoms with Crippen molar-refractivity contribution in [2.24, 2.45) is 4.99 Å². The predicted octanol–water partition coefficient (Wildman–Crippen LogP) is 2.72. The molecule has 30 heavy (non-hydrogen) atoms. The summed E-state index contributed by atoms with van der Waals surface area (Å²) in [6.07, 6.45) is 3.79. The van der Waals surface area contributed by atoms with Gasteiger partial charge in [0.2, 0.25) is 0 Å². The third kappa shape index (κ3) is 7.55. The van der Waals surface area contributed by atoms with Crippen LogP contribution in [-0.4, -0.2) is 65.6 Å². The summed E-state index contributed by atoms with van der Waals surface area (Å²) < 4.78 is 7.42. The molecule has 2 heterocycles. The molecule has 0 bridgehead atoms. The van der Waals surface area contributed by atoms with Crippen molar-refractivity contribution < 1.29 is 4.74 Å². The molecule has 166 valence electrons. The summed E-state index contributed by atoms with van der Waals surface area (Å²) in [5.41, 5.74) is 2.47. The molecule has 0 atom stereocenters. The number of benzene rings is 1. The lowest BCUT2D eigenvalue weighted by atomic mass is 10.0. The van der Waals surface area contributed by atoms with Gasteiger partial charge in [-0.25, -0.2) is 4.99 Å². The molecule has 1 aliphatic heterocycles. The Hall–Kier alpha value is -1.65. The first-order valence-corrected chi connectivity index (χ1v) is 10.5. The van der Waals surface area contributed by atoms with E-state index in [-0.39, 0.29) is 29.5 Å². The van der Waals surface area contributed by atoms with Crippen LogP contribution in [0.25, 0.3) is 0 Å². The Morgan fingerprint density at radius 2 is 1.93 bits per heavy atom. The van der Waals surface area contributed by atoms with Crippen LogP contribution in [0, 0.1) is 0 Å². The van der Waals surface area contributed by atoms with Gasteiger partial charge in [0.25, 0.3) is 0 Å². The molecular weight excluding hydrogens is 491 g/mol. The Morgan fingerprint density at radius 3 is 2.63 bits per heavy atom. The van der Waals surface area contributed by atoms with Crippen LogP contribution in [0.5, 0.6) is 0 Å². The molecule has 7 nitrogen and oxygen atoms in total. The number of nitrogens with one attached hydrogen (secondary N) is 2. The average molecular weight is 526 g/mol. The van der Waals surface area contributed by atoms with Crippen molar-refractivity contribution in [3.05, 3.63) is 53.9 Å². The van der Waals surface area contributed by atoms with Crippen molar-refractivity contribution in [2.45, 2.75) is 39.4 Å². The number of nitrogens with zero attached hydrogens (tertiary/aromatic N) is 4. The van der Waals surface area contributed by atoms with Gasteiger partial charge in [-0.05, 0) is 38.0 Å². The Bertz CT molecular complexity index is 772. The summed E-state index contributed by atoms with van der Waals surface area (Å²) in [7, 11) is 0. The molecule has 2 N–H and O–H groups in total. The largest absolute Gasteiger partial charge is 0.379 e. The van der Waals surface area contributed by atoms with Gasteiger partial charge in [-0.1, -0.05) is 24.3 Å². The number of ether oxygens (including phenoxy) is 1. The van der Waals surface area contributed by atoms with Crippen molar-refractivity contribution in [2.75, 3.05) is 39.4 Å². The average Bonchev–Trinajstić information content (AvgIpc) is 3.24. The van der Waals surface area contributed by atoms with E-state index in [2.05, 4.69) is 65.7 Å². The minimum Gasteiger partial charge on any atom is -0.379 e. The minimum absolute atomic E-state index is 0. The lowest BCUT2D eigenvalue weighted by Gasteiger charge is -2.41. The van der Waals surface area contributed by atoms with Crippen LogP contribution in [0.15, 0.2) is 47.7 Å². The van der Waals surface area contributed by atoms with E-state index in [4.69, 9.17) is 9.73 Å². The summed E-state index contributed by atoms with van der Waals surface area (Å²) in [6.45, 7) is 13.3. The van der Waals surface area contributed by atoms with Crippen molar-refractivity contribution in [3.63, 3.8) is 0 Å². The van der Waals surface area contributed by atoms with Crippen LogP contribution in [0.2, 0.25) is 0 Å². The van der Waals surface area contributed by atoms with E-state index in [9.17, 15) is 0 Å². The smallest absolute Gasteiger partial charge is 0.191 e. The maximum absolute atomic E-state index is 5.49.